The second kappa shape index (κ2) is 7.66. The van der Waals surface area contributed by atoms with Crippen LogP contribution in [0.5, 0.6) is 5.75 Å². The number of phenolic OH excluding ortho intramolecular Hbond substituents is 1. The first kappa shape index (κ1) is 20.3. The van der Waals surface area contributed by atoms with Gasteiger partial charge in [0.05, 0.1) is 11.4 Å². The molecule has 1 saturated heterocycles. The molecule has 2 unspecified atom stereocenters. The number of amides is 1. The second-order valence-electron chi connectivity index (χ2n) is 9.19. The first-order valence-electron chi connectivity index (χ1n) is 10.4. The number of hydrogen-bond donors (Lipinski definition) is 3. The summed E-state index contributed by atoms with van der Waals surface area (Å²) in [5.41, 5.74) is 7.67. The third-order valence-corrected chi connectivity index (χ3v) is 5.84. The molecule has 8 nitrogen and oxygen atoms in total. The van der Waals surface area contributed by atoms with Crippen molar-refractivity contribution in [3.8, 4) is 17.0 Å². The van der Waals surface area contributed by atoms with Crippen LogP contribution < -0.4 is 16.0 Å². The van der Waals surface area contributed by atoms with E-state index in [-0.39, 0.29) is 17.9 Å². The summed E-state index contributed by atoms with van der Waals surface area (Å²) in [6.07, 6.45) is 1.74. The number of alkyl carbamates (subject to hydrolysis) is 1. The first-order valence-corrected chi connectivity index (χ1v) is 10.4. The highest BCUT2D eigenvalue weighted by Crippen LogP contribution is 2.40. The number of anilines is 2. The molecule has 0 radical (unpaired) electrons. The number of rotatable bonds is 3. The van der Waals surface area contributed by atoms with Crippen LogP contribution in [0.2, 0.25) is 0 Å². The van der Waals surface area contributed by atoms with E-state index in [9.17, 15) is 9.90 Å². The summed E-state index contributed by atoms with van der Waals surface area (Å²) < 4.78 is 5.45. The monoisotopic (exact) mass is 411 g/mol. The van der Waals surface area contributed by atoms with E-state index in [1.807, 2.05) is 32.9 Å². The minimum atomic E-state index is -0.514. The molecule has 1 aliphatic carbocycles. The van der Waals surface area contributed by atoms with Gasteiger partial charge in [-0.3, -0.25) is 0 Å². The molecule has 1 amide bonds. The summed E-state index contributed by atoms with van der Waals surface area (Å²) in [5, 5.41) is 21.6. The zero-order chi connectivity index (χ0) is 21.5. The van der Waals surface area contributed by atoms with E-state index in [4.69, 9.17) is 10.5 Å². The predicted molar refractivity (Wildman–Crippen MR) is 115 cm³/mol. The molecule has 4 N–H and O–H groups in total. The lowest BCUT2D eigenvalue weighted by Crippen LogP contribution is -2.53. The highest BCUT2D eigenvalue weighted by molar-refractivity contribution is 5.74. The van der Waals surface area contributed by atoms with E-state index in [2.05, 4.69) is 20.4 Å². The van der Waals surface area contributed by atoms with Crippen LogP contribution >= 0.6 is 0 Å². The summed E-state index contributed by atoms with van der Waals surface area (Å²) in [5.74, 6) is 1.16. The third-order valence-electron chi connectivity index (χ3n) is 5.84. The van der Waals surface area contributed by atoms with Gasteiger partial charge in [-0.1, -0.05) is 12.1 Å². The van der Waals surface area contributed by atoms with Crippen molar-refractivity contribution >= 4 is 17.6 Å². The second-order valence-corrected chi connectivity index (χ2v) is 9.19. The van der Waals surface area contributed by atoms with Crippen LogP contribution in [0, 0.1) is 11.8 Å². The lowest BCUT2D eigenvalue weighted by atomic mass is 9.92. The molecule has 2 bridgehead atoms. The number of benzene rings is 1. The van der Waals surface area contributed by atoms with Gasteiger partial charge in [-0.2, -0.15) is 0 Å². The van der Waals surface area contributed by atoms with Gasteiger partial charge in [0.15, 0.2) is 5.82 Å². The van der Waals surface area contributed by atoms with Gasteiger partial charge >= 0.3 is 6.09 Å². The van der Waals surface area contributed by atoms with E-state index in [1.54, 1.807) is 18.2 Å². The van der Waals surface area contributed by atoms with Crippen LogP contribution in [0.3, 0.4) is 0 Å². The zero-order valence-corrected chi connectivity index (χ0v) is 17.6. The number of nitrogens with one attached hydrogen (secondary N) is 1. The van der Waals surface area contributed by atoms with Crippen LogP contribution in [0.15, 0.2) is 30.3 Å². The Morgan fingerprint density at radius 1 is 1.20 bits per heavy atom. The van der Waals surface area contributed by atoms with Crippen molar-refractivity contribution < 1.29 is 14.6 Å². The number of phenols is 1. The number of nitrogen functional groups attached to an aromatic ring is 1. The molecule has 2 heterocycles. The molecule has 2 fully saturated rings. The van der Waals surface area contributed by atoms with Gasteiger partial charge in [-0.25, -0.2) is 4.79 Å². The molecule has 30 heavy (non-hydrogen) atoms. The van der Waals surface area contributed by atoms with Crippen molar-refractivity contribution in [3.63, 3.8) is 0 Å². The number of carbonyl (C=O) groups is 1. The first-order chi connectivity index (χ1) is 14.2. The van der Waals surface area contributed by atoms with Gasteiger partial charge in [-0.15, -0.1) is 10.2 Å². The smallest absolute Gasteiger partial charge is 0.407 e. The SMILES string of the molecule is CC(C)(C)OC(=O)NC1C2CCC1CN(c1cc(-c3ccccc3O)nnc1N)C2. The van der Waals surface area contributed by atoms with Gasteiger partial charge in [0, 0.05) is 24.7 Å². The van der Waals surface area contributed by atoms with Gasteiger partial charge < -0.3 is 25.8 Å². The molecular formula is C22H29N5O3. The summed E-state index contributed by atoms with van der Waals surface area (Å²) in [4.78, 5) is 14.5. The standard InChI is InChI=1S/C22H29N5O3/c1-22(2,3)30-21(29)24-19-13-8-9-14(19)12-27(11-13)17-10-16(25-26-20(17)23)15-6-4-5-7-18(15)28/h4-7,10,13-14,19,28H,8-9,11-12H2,1-3H3,(H2,23,26)(H,24,29). The summed E-state index contributed by atoms with van der Waals surface area (Å²) in [6.45, 7) is 7.14. The van der Waals surface area contributed by atoms with Crippen molar-refractivity contribution in [3.05, 3.63) is 30.3 Å². The van der Waals surface area contributed by atoms with Crippen LogP contribution in [0.25, 0.3) is 11.3 Å². The molecule has 2 aliphatic rings. The lowest BCUT2D eigenvalue weighted by molar-refractivity contribution is 0.0472. The maximum absolute atomic E-state index is 12.3. The van der Waals surface area contributed by atoms with E-state index >= 15 is 0 Å². The molecule has 2 aromatic rings. The Morgan fingerprint density at radius 2 is 1.87 bits per heavy atom. The number of para-hydroxylation sites is 1. The molecule has 1 aromatic heterocycles. The van der Waals surface area contributed by atoms with E-state index in [1.165, 1.54) is 0 Å². The van der Waals surface area contributed by atoms with Crippen LogP contribution in [-0.4, -0.2) is 46.1 Å². The summed E-state index contributed by atoms with van der Waals surface area (Å²) in [7, 11) is 0. The van der Waals surface area contributed by atoms with Gasteiger partial charge in [0.25, 0.3) is 0 Å². The quantitative estimate of drug-likeness (QED) is 0.711. The molecule has 1 saturated carbocycles. The Balaban J connectivity index is 1.52. The van der Waals surface area contributed by atoms with Gasteiger partial charge in [0.1, 0.15) is 11.4 Å². The minimum Gasteiger partial charge on any atom is -0.507 e. The highest BCUT2D eigenvalue weighted by Gasteiger charge is 2.43. The number of carbonyl (C=O) groups excluding carboxylic acids is 1. The number of ether oxygens (including phenoxy) is 1. The minimum absolute atomic E-state index is 0.102. The van der Waals surface area contributed by atoms with E-state index in [0.29, 0.717) is 28.9 Å². The number of fused-ring (bicyclic) bond motifs is 2. The Bertz CT molecular complexity index is 929. The number of hydrogen-bond acceptors (Lipinski definition) is 7. The third kappa shape index (κ3) is 4.13. The number of aromatic nitrogens is 2. The molecule has 2 atom stereocenters. The van der Waals surface area contributed by atoms with Crippen molar-refractivity contribution in [1.29, 1.82) is 0 Å². The van der Waals surface area contributed by atoms with Gasteiger partial charge in [0.2, 0.25) is 0 Å². The van der Waals surface area contributed by atoms with Crippen molar-refractivity contribution in [2.24, 2.45) is 11.8 Å². The molecular weight excluding hydrogens is 382 g/mol. The number of aromatic hydroxyl groups is 1. The average molecular weight is 412 g/mol. The lowest BCUT2D eigenvalue weighted by Gasteiger charge is -2.39. The number of piperidine rings is 1. The summed E-state index contributed by atoms with van der Waals surface area (Å²) >= 11 is 0. The number of nitrogens with zero attached hydrogens (tertiary/aromatic N) is 3. The zero-order valence-electron chi connectivity index (χ0n) is 17.6. The average Bonchev–Trinajstić information content (AvgIpc) is 2.89. The maximum atomic E-state index is 12.3. The molecule has 1 aliphatic heterocycles. The summed E-state index contributed by atoms with van der Waals surface area (Å²) in [6, 6.07) is 9.04. The van der Waals surface area contributed by atoms with Crippen molar-refractivity contribution in [1.82, 2.24) is 15.5 Å². The molecule has 8 heteroatoms. The predicted octanol–water partition coefficient (Wildman–Crippen LogP) is 3.17. The van der Waals surface area contributed by atoms with E-state index in [0.717, 1.165) is 31.6 Å². The normalized spacial score (nSPS) is 23.3. The molecule has 1 aromatic carbocycles. The molecule has 0 spiro atoms. The Hall–Kier alpha value is -3.03. The maximum Gasteiger partial charge on any atom is 0.407 e. The number of nitrogens with two attached hydrogens (primary N) is 1. The molecule has 4 rings (SSSR count). The fourth-order valence-corrected chi connectivity index (χ4v) is 4.57. The Kier molecular flexibility index (Phi) is 5.17. The largest absolute Gasteiger partial charge is 0.507 e. The van der Waals surface area contributed by atoms with E-state index < -0.39 is 5.60 Å². The van der Waals surface area contributed by atoms with Crippen LogP contribution in [-0.2, 0) is 4.74 Å². The highest BCUT2D eigenvalue weighted by atomic mass is 16.6. The van der Waals surface area contributed by atoms with Crippen LogP contribution in [0.4, 0.5) is 16.3 Å². The van der Waals surface area contributed by atoms with Gasteiger partial charge in [-0.05, 0) is 63.6 Å². The Labute approximate surface area is 176 Å². The topological polar surface area (TPSA) is 114 Å². The van der Waals surface area contributed by atoms with Crippen molar-refractivity contribution in [2.75, 3.05) is 23.7 Å². The Morgan fingerprint density at radius 3 is 2.50 bits per heavy atom. The fraction of sp³-hybridized carbons (Fsp3) is 0.500. The molecule has 160 valence electrons. The van der Waals surface area contributed by atoms with Crippen LogP contribution in [0.1, 0.15) is 33.6 Å². The fourth-order valence-electron chi connectivity index (χ4n) is 4.57. The van der Waals surface area contributed by atoms with Crippen molar-refractivity contribution in [2.45, 2.75) is 45.3 Å².